The minimum Gasteiger partial charge on any atom is -0.394 e. The van der Waals surface area contributed by atoms with Gasteiger partial charge >= 0.3 is 0 Å². The number of hydrogen-bond donors (Lipinski definition) is 5. The van der Waals surface area contributed by atoms with Crippen LogP contribution in [-0.4, -0.2) is 82.2 Å². The van der Waals surface area contributed by atoms with E-state index >= 15 is 0 Å². The van der Waals surface area contributed by atoms with Crippen molar-refractivity contribution in [3.63, 3.8) is 0 Å². The summed E-state index contributed by atoms with van der Waals surface area (Å²) in [6, 6.07) is -3.44. The van der Waals surface area contributed by atoms with Gasteiger partial charge in [0.05, 0.1) is 18.8 Å². The van der Waals surface area contributed by atoms with Crippen LogP contribution < -0.4 is 16.0 Å². The molecule has 2 fully saturated rings. The van der Waals surface area contributed by atoms with E-state index in [4.69, 9.17) is 0 Å². The molecule has 5 N–H and O–H groups in total. The summed E-state index contributed by atoms with van der Waals surface area (Å²) in [5.74, 6) is 0.425. The van der Waals surface area contributed by atoms with Gasteiger partial charge in [0, 0.05) is 6.54 Å². The standard InChI is InChI=1S/C26H44N4O6/c1-4-17(3)23-22(16-32)30-14-10-9-13-21(30)26(36)27-19(12-8-6-7-11-18(33)5-2)24(34)28-20(15-31)25(35)29-23/h17-21,23,31,33H,4-15H2,1-3H3,(H,27,36)(H,28,34)(H,29,35)/t17-,18?,19-,20?,21+,23?/m0/s1. The Kier molecular flexibility index (Phi) is 12.4. The zero-order chi connectivity index (χ0) is 26.7. The molecule has 3 unspecified atom stereocenters. The van der Waals surface area contributed by atoms with Crippen LogP contribution in [-0.2, 0) is 19.2 Å². The molecule has 2 aliphatic rings. The normalized spacial score (nSPS) is 27.4. The Bertz CT molecular complexity index is 799. The van der Waals surface area contributed by atoms with E-state index in [1.807, 2.05) is 26.7 Å². The van der Waals surface area contributed by atoms with Gasteiger partial charge in [-0.3, -0.25) is 14.4 Å². The topological polar surface area (TPSA) is 148 Å². The van der Waals surface area contributed by atoms with Crippen molar-refractivity contribution in [3.05, 3.63) is 5.70 Å². The molecule has 204 valence electrons. The highest BCUT2D eigenvalue weighted by atomic mass is 16.3. The summed E-state index contributed by atoms with van der Waals surface area (Å²) >= 11 is 0. The number of piperidine rings is 1. The lowest BCUT2D eigenvalue weighted by Crippen LogP contribution is -2.62. The molecule has 10 nitrogen and oxygen atoms in total. The molecule has 0 saturated carbocycles. The molecule has 36 heavy (non-hydrogen) atoms. The molecule has 0 spiro atoms. The van der Waals surface area contributed by atoms with Crippen LogP contribution in [0.2, 0.25) is 0 Å². The van der Waals surface area contributed by atoms with Gasteiger partial charge in [0.1, 0.15) is 29.8 Å². The van der Waals surface area contributed by atoms with E-state index < -0.39 is 42.6 Å². The first kappa shape index (κ1) is 29.8. The molecule has 2 saturated heterocycles. The Hall–Kier alpha value is -2.42. The van der Waals surface area contributed by atoms with Gasteiger partial charge in [-0.25, -0.2) is 4.79 Å². The van der Waals surface area contributed by atoms with E-state index in [9.17, 15) is 29.4 Å². The number of rotatable bonds is 10. The van der Waals surface area contributed by atoms with Crippen LogP contribution in [0.4, 0.5) is 0 Å². The van der Waals surface area contributed by atoms with E-state index in [1.165, 1.54) is 0 Å². The number of fused-ring (bicyclic) bond motifs is 1. The van der Waals surface area contributed by atoms with Crippen LogP contribution in [0.25, 0.3) is 0 Å². The molecular formula is C26H44N4O6. The van der Waals surface area contributed by atoms with Gasteiger partial charge in [-0.1, -0.05) is 46.5 Å². The number of nitrogens with zero attached hydrogens (tertiary/aromatic N) is 1. The molecule has 6 atom stereocenters. The molecule has 0 aromatic rings. The minimum absolute atomic E-state index is 0.131. The SMILES string of the molecule is CCC(O)CCCCC[C@@H]1NC(=O)[C@H]2CCCCN2C(=C=O)C([C@@H](C)CC)NC(=O)C(CO)NC1=O. The van der Waals surface area contributed by atoms with Gasteiger partial charge in [-0.2, -0.15) is 0 Å². The van der Waals surface area contributed by atoms with Gasteiger partial charge < -0.3 is 31.1 Å². The number of hydrogen-bond acceptors (Lipinski definition) is 7. The fraction of sp³-hybridized carbons (Fsp3) is 0.808. The number of unbranched alkanes of at least 4 members (excludes halogenated alkanes) is 2. The van der Waals surface area contributed by atoms with Crippen LogP contribution >= 0.6 is 0 Å². The zero-order valence-corrected chi connectivity index (χ0v) is 21.9. The van der Waals surface area contributed by atoms with Crippen molar-refractivity contribution in [1.82, 2.24) is 20.9 Å². The number of aliphatic hydroxyl groups is 2. The Morgan fingerprint density at radius 1 is 0.972 bits per heavy atom. The monoisotopic (exact) mass is 508 g/mol. The van der Waals surface area contributed by atoms with Crippen molar-refractivity contribution < 1.29 is 29.4 Å². The van der Waals surface area contributed by atoms with Crippen molar-refractivity contribution in [2.45, 2.75) is 115 Å². The van der Waals surface area contributed by atoms with Crippen LogP contribution in [0.1, 0.15) is 85.0 Å². The van der Waals surface area contributed by atoms with Gasteiger partial charge in [0.2, 0.25) is 17.7 Å². The maximum atomic E-state index is 13.4. The lowest BCUT2D eigenvalue weighted by atomic mass is 9.92. The predicted octanol–water partition coefficient (Wildman–Crippen LogP) is 0.784. The smallest absolute Gasteiger partial charge is 0.245 e. The average Bonchev–Trinajstić information content (AvgIpc) is 2.89. The minimum atomic E-state index is -1.22. The number of amides is 3. The first-order chi connectivity index (χ1) is 17.3. The highest BCUT2D eigenvalue weighted by Crippen LogP contribution is 2.26. The maximum Gasteiger partial charge on any atom is 0.245 e. The number of carbonyl (C=O) groups is 3. The van der Waals surface area contributed by atoms with Crippen LogP contribution in [0.15, 0.2) is 5.70 Å². The summed E-state index contributed by atoms with van der Waals surface area (Å²) in [7, 11) is 0. The summed E-state index contributed by atoms with van der Waals surface area (Å²) < 4.78 is 0. The molecule has 2 aliphatic heterocycles. The summed E-state index contributed by atoms with van der Waals surface area (Å²) in [6.07, 6.45) is 6.43. The summed E-state index contributed by atoms with van der Waals surface area (Å²) in [6.45, 7) is 5.62. The van der Waals surface area contributed by atoms with E-state index in [2.05, 4.69) is 16.0 Å². The number of nitrogens with one attached hydrogen (secondary N) is 3. The van der Waals surface area contributed by atoms with Crippen molar-refractivity contribution in [1.29, 1.82) is 0 Å². The first-order valence-electron chi connectivity index (χ1n) is 13.5. The average molecular weight is 509 g/mol. The third kappa shape index (κ3) is 8.05. The second-order valence-electron chi connectivity index (χ2n) is 10.1. The van der Waals surface area contributed by atoms with Crippen molar-refractivity contribution in [2.75, 3.05) is 13.2 Å². The molecule has 0 aromatic heterocycles. The Morgan fingerprint density at radius 2 is 1.67 bits per heavy atom. The highest BCUT2D eigenvalue weighted by Gasteiger charge is 2.39. The van der Waals surface area contributed by atoms with Gasteiger partial charge in [0.25, 0.3) is 0 Å². The van der Waals surface area contributed by atoms with E-state index in [0.29, 0.717) is 45.1 Å². The Morgan fingerprint density at radius 3 is 2.31 bits per heavy atom. The molecule has 10 heteroatoms. The molecule has 0 bridgehead atoms. The molecule has 0 aromatic carbocycles. The van der Waals surface area contributed by atoms with E-state index in [-0.39, 0.29) is 23.6 Å². The van der Waals surface area contributed by atoms with Crippen LogP contribution in [0.5, 0.6) is 0 Å². The maximum absolute atomic E-state index is 13.4. The molecule has 0 aliphatic carbocycles. The van der Waals surface area contributed by atoms with Crippen LogP contribution in [0, 0.1) is 5.92 Å². The van der Waals surface area contributed by atoms with Crippen molar-refractivity contribution in [3.8, 4) is 0 Å². The van der Waals surface area contributed by atoms with Gasteiger partial charge in [-0.15, -0.1) is 0 Å². The third-order valence-corrected chi connectivity index (χ3v) is 7.47. The molecular weight excluding hydrogens is 464 g/mol. The fourth-order valence-corrected chi connectivity index (χ4v) is 4.88. The predicted molar refractivity (Wildman–Crippen MR) is 135 cm³/mol. The summed E-state index contributed by atoms with van der Waals surface area (Å²) in [4.78, 5) is 53.5. The summed E-state index contributed by atoms with van der Waals surface area (Å²) in [5, 5.41) is 27.9. The quantitative estimate of drug-likeness (QED) is 0.216. The van der Waals surface area contributed by atoms with E-state index in [1.54, 1.807) is 4.90 Å². The van der Waals surface area contributed by atoms with Crippen molar-refractivity contribution in [2.24, 2.45) is 5.92 Å². The van der Waals surface area contributed by atoms with E-state index in [0.717, 1.165) is 25.7 Å². The Balaban J connectivity index is 2.31. The molecule has 2 rings (SSSR count). The first-order valence-corrected chi connectivity index (χ1v) is 13.5. The largest absolute Gasteiger partial charge is 0.394 e. The summed E-state index contributed by atoms with van der Waals surface area (Å²) in [5.41, 5.74) is 0.229. The lowest BCUT2D eigenvalue weighted by Gasteiger charge is -2.41. The van der Waals surface area contributed by atoms with Gasteiger partial charge in [-0.05, 0) is 44.4 Å². The highest BCUT2D eigenvalue weighted by molar-refractivity contribution is 5.93. The second kappa shape index (κ2) is 15.0. The molecule has 0 radical (unpaired) electrons. The second-order valence-corrected chi connectivity index (χ2v) is 10.1. The van der Waals surface area contributed by atoms with Gasteiger partial charge in [0.15, 0.2) is 0 Å². The van der Waals surface area contributed by atoms with Crippen molar-refractivity contribution >= 4 is 23.7 Å². The molecule has 2 heterocycles. The molecule has 3 amide bonds. The third-order valence-electron chi connectivity index (χ3n) is 7.47. The number of aliphatic hydroxyl groups excluding tert-OH is 2. The van der Waals surface area contributed by atoms with Crippen LogP contribution in [0.3, 0.4) is 0 Å². The zero-order valence-electron chi connectivity index (χ0n) is 21.9. The lowest BCUT2D eigenvalue weighted by molar-refractivity contribution is -0.135. The Labute approximate surface area is 214 Å². The fourth-order valence-electron chi connectivity index (χ4n) is 4.88. The number of carbonyl (C=O) groups excluding carboxylic acids is 4.